The molecular formula is C14H18N4O. The largest absolute Gasteiger partial charge is 0.334 e. The van der Waals surface area contributed by atoms with E-state index in [9.17, 15) is 0 Å². The molecule has 0 radical (unpaired) electrons. The highest BCUT2D eigenvalue weighted by Crippen LogP contribution is 2.19. The van der Waals surface area contributed by atoms with Gasteiger partial charge < -0.3 is 9.84 Å². The third kappa shape index (κ3) is 2.98. The van der Waals surface area contributed by atoms with Crippen LogP contribution in [0.15, 0.2) is 22.9 Å². The van der Waals surface area contributed by atoms with E-state index in [4.69, 9.17) is 4.52 Å². The normalized spacial score (nSPS) is 19.5. The van der Waals surface area contributed by atoms with Crippen LogP contribution >= 0.6 is 0 Å². The first-order valence-corrected chi connectivity index (χ1v) is 6.77. The van der Waals surface area contributed by atoms with Gasteiger partial charge in [-0.25, -0.2) is 0 Å². The molecule has 19 heavy (non-hydrogen) atoms. The number of nitrogens with one attached hydrogen (secondary N) is 1. The van der Waals surface area contributed by atoms with Crippen LogP contribution in [0.25, 0.3) is 11.5 Å². The van der Waals surface area contributed by atoms with E-state index in [1.165, 1.54) is 12.8 Å². The van der Waals surface area contributed by atoms with E-state index < -0.39 is 0 Å². The summed E-state index contributed by atoms with van der Waals surface area (Å²) in [6.07, 6.45) is 5.13. The first kappa shape index (κ1) is 12.3. The van der Waals surface area contributed by atoms with Crippen molar-refractivity contribution in [1.82, 2.24) is 20.4 Å². The van der Waals surface area contributed by atoms with E-state index in [1.807, 2.05) is 19.1 Å². The lowest BCUT2D eigenvalue weighted by Crippen LogP contribution is -2.31. The standard InChI is InChI=1S/C14H18N4O/c1-10-4-5-12(9-16-10)14-17-13(18-19-14)7-11-3-2-6-15-8-11/h4-5,9,11,15H,2-3,6-8H2,1H3. The van der Waals surface area contributed by atoms with Gasteiger partial charge in [-0.05, 0) is 50.9 Å². The Labute approximate surface area is 112 Å². The molecule has 1 aliphatic rings. The second-order valence-electron chi connectivity index (χ2n) is 5.12. The quantitative estimate of drug-likeness (QED) is 0.912. The van der Waals surface area contributed by atoms with Crippen LogP contribution in [0.3, 0.4) is 0 Å². The van der Waals surface area contributed by atoms with Crippen LogP contribution < -0.4 is 5.32 Å². The smallest absolute Gasteiger partial charge is 0.259 e. The molecule has 1 unspecified atom stereocenters. The number of pyridine rings is 1. The second kappa shape index (κ2) is 5.48. The molecule has 5 nitrogen and oxygen atoms in total. The maximum atomic E-state index is 5.31. The minimum Gasteiger partial charge on any atom is -0.334 e. The monoisotopic (exact) mass is 258 g/mol. The van der Waals surface area contributed by atoms with Crippen molar-refractivity contribution in [2.75, 3.05) is 13.1 Å². The van der Waals surface area contributed by atoms with Crippen molar-refractivity contribution >= 4 is 0 Å². The Kier molecular flexibility index (Phi) is 3.55. The minimum absolute atomic E-state index is 0.561. The van der Waals surface area contributed by atoms with E-state index >= 15 is 0 Å². The van der Waals surface area contributed by atoms with Gasteiger partial charge in [0.15, 0.2) is 5.82 Å². The maximum absolute atomic E-state index is 5.31. The van der Waals surface area contributed by atoms with Gasteiger partial charge in [-0.15, -0.1) is 0 Å². The summed E-state index contributed by atoms with van der Waals surface area (Å²) >= 11 is 0. The molecule has 2 aromatic heterocycles. The van der Waals surface area contributed by atoms with Crippen molar-refractivity contribution in [2.24, 2.45) is 5.92 Å². The summed E-state index contributed by atoms with van der Waals surface area (Å²) in [5.41, 5.74) is 1.86. The Morgan fingerprint density at radius 2 is 2.37 bits per heavy atom. The topological polar surface area (TPSA) is 63.8 Å². The van der Waals surface area contributed by atoms with Gasteiger partial charge in [0, 0.05) is 18.3 Å². The molecule has 0 bridgehead atoms. The van der Waals surface area contributed by atoms with Gasteiger partial charge in [-0.1, -0.05) is 5.16 Å². The van der Waals surface area contributed by atoms with Gasteiger partial charge in [-0.2, -0.15) is 4.98 Å². The molecule has 2 aromatic rings. The average Bonchev–Trinajstić information content (AvgIpc) is 2.89. The summed E-state index contributed by atoms with van der Waals surface area (Å²) < 4.78 is 5.31. The van der Waals surface area contributed by atoms with Crippen LogP contribution in [-0.2, 0) is 6.42 Å². The first-order chi connectivity index (χ1) is 9.31. The Bertz CT molecular complexity index is 529. The average molecular weight is 258 g/mol. The Balaban J connectivity index is 1.70. The number of nitrogens with zero attached hydrogens (tertiary/aromatic N) is 3. The van der Waals surface area contributed by atoms with Crippen LogP contribution in [-0.4, -0.2) is 28.2 Å². The molecule has 1 atom stereocenters. The number of hydrogen-bond donors (Lipinski definition) is 1. The molecule has 0 aromatic carbocycles. The van der Waals surface area contributed by atoms with Crippen LogP contribution in [0.4, 0.5) is 0 Å². The SMILES string of the molecule is Cc1ccc(-c2nc(CC3CCCNC3)no2)cn1. The molecule has 0 aliphatic carbocycles. The molecule has 1 aliphatic heterocycles. The van der Waals surface area contributed by atoms with Gasteiger partial charge in [0.25, 0.3) is 5.89 Å². The van der Waals surface area contributed by atoms with E-state index in [-0.39, 0.29) is 0 Å². The van der Waals surface area contributed by atoms with E-state index in [0.717, 1.165) is 36.6 Å². The minimum atomic E-state index is 0.561. The highest BCUT2D eigenvalue weighted by molar-refractivity contribution is 5.50. The summed E-state index contributed by atoms with van der Waals surface area (Å²) in [4.78, 5) is 8.70. The van der Waals surface area contributed by atoms with Crippen LogP contribution in [0.1, 0.15) is 24.4 Å². The number of hydrogen-bond acceptors (Lipinski definition) is 5. The lowest BCUT2D eigenvalue weighted by molar-refractivity contribution is 0.360. The van der Waals surface area contributed by atoms with Gasteiger partial charge in [0.1, 0.15) is 0 Å². The lowest BCUT2D eigenvalue weighted by atomic mass is 9.96. The maximum Gasteiger partial charge on any atom is 0.259 e. The highest BCUT2D eigenvalue weighted by atomic mass is 16.5. The zero-order valence-electron chi connectivity index (χ0n) is 11.1. The summed E-state index contributed by atoms with van der Waals surface area (Å²) in [7, 11) is 0. The summed E-state index contributed by atoms with van der Waals surface area (Å²) in [6.45, 7) is 4.14. The van der Waals surface area contributed by atoms with Crippen molar-refractivity contribution in [3.8, 4) is 11.5 Å². The van der Waals surface area contributed by atoms with Crippen molar-refractivity contribution in [1.29, 1.82) is 0 Å². The van der Waals surface area contributed by atoms with E-state index in [2.05, 4.69) is 20.4 Å². The third-order valence-corrected chi connectivity index (χ3v) is 3.50. The highest BCUT2D eigenvalue weighted by Gasteiger charge is 2.17. The van der Waals surface area contributed by atoms with Gasteiger partial charge in [-0.3, -0.25) is 4.98 Å². The zero-order valence-corrected chi connectivity index (χ0v) is 11.1. The van der Waals surface area contributed by atoms with Gasteiger partial charge in [0.05, 0.1) is 5.56 Å². The first-order valence-electron chi connectivity index (χ1n) is 6.77. The van der Waals surface area contributed by atoms with Crippen LogP contribution in [0.2, 0.25) is 0 Å². The Morgan fingerprint density at radius 1 is 1.42 bits per heavy atom. The molecule has 3 heterocycles. The Hall–Kier alpha value is -1.75. The fourth-order valence-corrected chi connectivity index (χ4v) is 2.40. The fourth-order valence-electron chi connectivity index (χ4n) is 2.40. The molecule has 1 N–H and O–H groups in total. The van der Waals surface area contributed by atoms with Gasteiger partial charge >= 0.3 is 0 Å². The molecular weight excluding hydrogens is 240 g/mol. The number of rotatable bonds is 3. The van der Waals surface area contributed by atoms with Crippen molar-refractivity contribution < 1.29 is 4.52 Å². The van der Waals surface area contributed by atoms with E-state index in [1.54, 1.807) is 6.20 Å². The fraction of sp³-hybridized carbons (Fsp3) is 0.500. The van der Waals surface area contributed by atoms with Gasteiger partial charge in [0.2, 0.25) is 0 Å². The van der Waals surface area contributed by atoms with Crippen molar-refractivity contribution in [3.63, 3.8) is 0 Å². The number of piperidine rings is 1. The summed E-state index contributed by atoms with van der Waals surface area (Å²) in [6, 6.07) is 3.91. The lowest BCUT2D eigenvalue weighted by Gasteiger charge is -2.20. The number of aryl methyl sites for hydroxylation is 1. The molecule has 5 heteroatoms. The van der Waals surface area contributed by atoms with E-state index in [0.29, 0.717) is 11.8 Å². The van der Waals surface area contributed by atoms with Crippen LogP contribution in [0.5, 0.6) is 0 Å². The summed E-state index contributed by atoms with van der Waals surface area (Å²) in [5, 5.41) is 7.47. The predicted octanol–water partition coefficient (Wildman–Crippen LogP) is 1.98. The second-order valence-corrected chi connectivity index (χ2v) is 5.12. The molecule has 1 saturated heterocycles. The van der Waals surface area contributed by atoms with Crippen LogP contribution in [0, 0.1) is 12.8 Å². The molecule has 3 rings (SSSR count). The summed E-state index contributed by atoms with van der Waals surface area (Å²) in [5.74, 6) is 1.98. The molecule has 0 saturated carbocycles. The Morgan fingerprint density at radius 3 is 3.11 bits per heavy atom. The molecule has 0 amide bonds. The number of aromatic nitrogens is 3. The molecule has 1 fully saturated rings. The zero-order chi connectivity index (χ0) is 13.1. The van der Waals surface area contributed by atoms with Crippen molar-refractivity contribution in [2.45, 2.75) is 26.2 Å². The molecule has 0 spiro atoms. The third-order valence-electron chi connectivity index (χ3n) is 3.50. The predicted molar refractivity (Wildman–Crippen MR) is 71.6 cm³/mol. The van der Waals surface area contributed by atoms with Crippen molar-refractivity contribution in [3.05, 3.63) is 29.8 Å². The molecule has 100 valence electrons.